The van der Waals surface area contributed by atoms with Gasteiger partial charge in [0, 0.05) is 18.1 Å². The number of nitrogens with zero attached hydrogens (tertiary/aromatic N) is 1. The molecule has 2 rings (SSSR count). The van der Waals surface area contributed by atoms with E-state index in [1.807, 2.05) is 19.2 Å². The fourth-order valence-electron chi connectivity index (χ4n) is 3.01. The van der Waals surface area contributed by atoms with Crippen LogP contribution >= 0.6 is 0 Å². The number of likely N-dealkylation sites (N-methyl/N-ethyl adjacent to an activating group) is 2. The van der Waals surface area contributed by atoms with Crippen molar-refractivity contribution in [2.24, 2.45) is 5.92 Å². The Labute approximate surface area is 123 Å². The molecule has 3 atom stereocenters. The van der Waals surface area contributed by atoms with Crippen molar-refractivity contribution < 1.29 is 4.74 Å². The van der Waals surface area contributed by atoms with Crippen molar-refractivity contribution in [2.75, 3.05) is 21.2 Å². The smallest absolute Gasteiger partial charge is 0.118 e. The van der Waals surface area contributed by atoms with E-state index in [-0.39, 0.29) is 0 Å². The van der Waals surface area contributed by atoms with Crippen LogP contribution in [0.25, 0.3) is 0 Å². The van der Waals surface area contributed by atoms with E-state index >= 15 is 0 Å². The van der Waals surface area contributed by atoms with Gasteiger partial charge in [0.25, 0.3) is 0 Å². The summed E-state index contributed by atoms with van der Waals surface area (Å²) in [6, 6.07) is 9.86. The Hall–Kier alpha value is -1.06. The van der Waals surface area contributed by atoms with Gasteiger partial charge in [-0.3, -0.25) is 4.90 Å². The summed E-state index contributed by atoms with van der Waals surface area (Å²) < 4.78 is 5.24. The van der Waals surface area contributed by atoms with Gasteiger partial charge in [0.2, 0.25) is 0 Å². The minimum Gasteiger partial charge on any atom is -0.497 e. The summed E-state index contributed by atoms with van der Waals surface area (Å²) in [4.78, 5) is 2.52. The van der Waals surface area contributed by atoms with E-state index in [0.29, 0.717) is 18.1 Å². The third kappa shape index (κ3) is 3.33. The first kappa shape index (κ1) is 15.3. The molecule has 3 nitrogen and oxygen atoms in total. The van der Waals surface area contributed by atoms with Crippen LogP contribution < -0.4 is 10.1 Å². The number of hydrogen-bond acceptors (Lipinski definition) is 3. The van der Waals surface area contributed by atoms with Gasteiger partial charge in [-0.25, -0.2) is 0 Å². The summed E-state index contributed by atoms with van der Waals surface area (Å²) in [5.74, 6) is 1.81. The predicted molar refractivity (Wildman–Crippen MR) is 84.2 cm³/mol. The average Bonchev–Trinajstić information content (AvgIpc) is 3.31. The maximum absolute atomic E-state index is 5.24. The molecule has 1 saturated carbocycles. The van der Waals surface area contributed by atoms with Crippen LogP contribution in [0.3, 0.4) is 0 Å². The Balaban J connectivity index is 2.08. The number of rotatable bonds is 7. The van der Waals surface area contributed by atoms with E-state index in [1.165, 1.54) is 18.4 Å². The van der Waals surface area contributed by atoms with Crippen LogP contribution in [0.5, 0.6) is 5.75 Å². The third-order valence-corrected chi connectivity index (χ3v) is 4.86. The normalized spacial score (nSPS) is 19.7. The molecule has 1 aromatic carbocycles. The fraction of sp³-hybridized carbons (Fsp3) is 0.647. The number of hydrogen-bond donors (Lipinski definition) is 1. The Morgan fingerprint density at radius 3 is 2.25 bits per heavy atom. The lowest BCUT2D eigenvalue weighted by atomic mass is 9.98. The van der Waals surface area contributed by atoms with E-state index in [0.717, 1.165) is 11.7 Å². The highest BCUT2D eigenvalue weighted by Crippen LogP contribution is 2.36. The van der Waals surface area contributed by atoms with Gasteiger partial charge in [-0.1, -0.05) is 12.1 Å². The molecule has 0 spiro atoms. The fourth-order valence-corrected chi connectivity index (χ4v) is 3.01. The summed E-state index contributed by atoms with van der Waals surface area (Å²) in [7, 11) is 6.00. The molecule has 1 aromatic rings. The summed E-state index contributed by atoms with van der Waals surface area (Å²) in [5.41, 5.74) is 1.32. The van der Waals surface area contributed by atoms with Gasteiger partial charge in [0.15, 0.2) is 0 Å². The molecule has 0 aromatic heterocycles. The van der Waals surface area contributed by atoms with E-state index in [9.17, 15) is 0 Å². The van der Waals surface area contributed by atoms with Gasteiger partial charge in [0.05, 0.1) is 7.11 Å². The molecule has 0 bridgehead atoms. The largest absolute Gasteiger partial charge is 0.497 e. The lowest BCUT2D eigenvalue weighted by molar-refractivity contribution is 0.147. The molecule has 3 heteroatoms. The van der Waals surface area contributed by atoms with Crippen LogP contribution in [0.1, 0.15) is 38.3 Å². The first-order valence-corrected chi connectivity index (χ1v) is 7.61. The monoisotopic (exact) mass is 276 g/mol. The average molecular weight is 276 g/mol. The Bertz CT molecular complexity index is 414. The molecule has 3 unspecified atom stereocenters. The SMILES string of the molecule is CNC(c1ccc(OC)cc1)C(C)N(C)C(C)C1CC1. The standard InChI is InChI=1S/C17H28N2O/c1-12(14-6-7-14)19(4)13(2)17(18-3)15-8-10-16(20-5)11-9-15/h8-14,17-18H,6-7H2,1-5H3. The highest BCUT2D eigenvalue weighted by molar-refractivity contribution is 5.29. The van der Waals surface area contributed by atoms with Gasteiger partial charge in [0.1, 0.15) is 5.75 Å². The molecule has 112 valence electrons. The molecule has 0 heterocycles. The Morgan fingerprint density at radius 1 is 1.20 bits per heavy atom. The number of benzene rings is 1. The van der Waals surface area contributed by atoms with Crippen LogP contribution in [0.2, 0.25) is 0 Å². The van der Waals surface area contributed by atoms with Gasteiger partial charge in [-0.15, -0.1) is 0 Å². The van der Waals surface area contributed by atoms with Crippen LogP contribution in [0.15, 0.2) is 24.3 Å². The molecule has 1 N–H and O–H groups in total. The van der Waals surface area contributed by atoms with Crippen LogP contribution in [-0.4, -0.2) is 38.2 Å². The lowest BCUT2D eigenvalue weighted by Crippen LogP contribution is -2.44. The van der Waals surface area contributed by atoms with E-state index in [2.05, 4.69) is 43.2 Å². The molecule has 1 fully saturated rings. The summed E-state index contributed by atoms with van der Waals surface area (Å²) in [6.45, 7) is 4.67. The second-order valence-electron chi connectivity index (χ2n) is 6.02. The summed E-state index contributed by atoms with van der Waals surface area (Å²) in [5, 5.41) is 3.47. The van der Waals surface area contributed by atoms with Crippen molar-refractivity contribution in [3.05, 3.63) is 29.8 Å². The van der Waals surface area contributed by atoms with Crippen LogP contribution in [-0.2, 0) is 0 Å². The third-order valence-electron chi connectivity index (χ3n) is 4.86. The maximum atomic E-state index is 5.24. The second-order valence-corrected chi connectivity index (χ2v) is 6.02. The first-order chi connectivity index (χ1) is 9.58. The van der Waals surface area contributed by atoms with Gasteiger partial charge in [-0.2, -0.15) is 0 Å². The zero-order chi connectivity index (χ0) is 14.7. The quantitative estimate of drug-likeness (QED) is 0.828. The molecule has 0 radical (unpaired) electrons. The minimum atomic E-state index is 0.340. The zero-order valence-electron chi connectivity index (χ0n) is 13.4. The molecular weight excluding hydrogens is 248 g/mol. The predicted octanol–water partition coefficient (Wildman–Crippen LogP) is 3.07. The molecule has 1 aliphatic rings. The van der Waals surface area contributed by atoms with Crippen molar-refractivity contribution >= 4 is 0 Å². The highest BCUT2D eigenvalue weighted by Gasteiger charge is 2.34. The van der Waals surface area contributed by atoms with Gasteiger partial charge >= 0.3 is 0 Å². The van der Waals surface area contributed by atoms with Crippen molar-refractivity contribution in [3.63, 3.8) is 0 Å². The van der Waals surface area contributed by atoms with Gasteiger partial charge in [-0.05, 0) is 64.4 Å². The summed E-state index contributed by atoms with van der Waals surface area (Å²) >= 11 is 0. The molecular formula is C17H28N2O. The molecule has 1 aliphatic carbocycles. The number of methoxy groups -OCH3 is 1. The van der Waals surface area contributed by atoms with E-state index in [1.54, 1.807) is 7.11 Å². The Morgan fingerprint density at radius 2 is 1.80 bits per heavy atom. The molecule has 0 aliphatic heterocycles. The first-order valence-electron chi connectivity index (χ1n) is 7.61. The molecule has 0 saturated heterocycles. The lowest BCUT2D eigenvalue weighted by Gasteiger charge is -2.36. The topological polar surface area (TPSA) is 24.5 Å². The molecule has 0 amide bonds. The maximum Gasteiger partial charge on any atom is 0.118 e. The zero-order valence-corrected chi connectivity index (χ0v) is 13.4. The van der Waals surface area contributed by atoms with Crippen molar-refractivity contribution in [1.82, 2.24) is 10.2 Å². The highest BCUT2D eigenvalue weighted by atomic mass is 16.5. The minimum absolute atomic E-state index is 0.340. The van der Waals surface area contributed by atoms with Crippen LogP contribution in [0.4, 0.5) is 0 Å². The van der Waals surface area contributed by atoms with E-state index in [4.69, 9.17) is 4.74 Å². The number of nitrogens with one attached hydrogen (secondary N) is 1. The van der Waals surface area contributed by atoms with Crippen molar-refractivity contribution in [2.45, 2.75) is 44.8 Å². The molecule has 20 heavy (non-hydrogen) atoms. The number of ether oxygens (including phenoxy) is 1. The van der Waals surface area contributed by atoms with Crippen LogP contribution in [0, 0.1) is 5.92 Å². The Kier molecular flexibility index (Phi) is 5.06. The second kappa shape index (κ2) is 6.59. The van der Waals surface area contributed by atoms with Gasteiger partial charge < -0.3 is 10.1 Å². The summed E-state index contributed by atoms with van der Waals surface area (Å²) in [6.07, 6.45) is 2.79. The van der Waals surface area contributed by atoms with Crippen molar-refractivity contribution in [3.8, 4) is 5.75 Å². The van der Waals surface area contributed by atoms with E-state index < -0.39 is 0 Å². The van der Waals surface area contributed by atoms with Crippen molar-refractivity contribution in [1.29, 1.82) is 0 Å².